The molecule has 4 rings (SSSR count). The molecule has 1 N–H and O–H groups in total. The average molecular weight is 260 g/mol. The number of hydrogen-bond donors (Lipinski definition) is 1. The highest BCUT2D eigenvalue weighted by Gasteiger charge is 2.14. The number of rotatable bonds is 2. The van der Waals surface area contributed by atoms with Crippen molar-refractivity contribution in [3.63, 3.8) is 0 Å². The van der Waals surface area contributed by atoms with Crippen molar-refractivity contribution in [3.05, 3.63) is 72.6 Å². The van der Waals surface area contributed by atoms with Gasteiger partial charge in [-0.2, -0.15) is 0 Å². The number of aromatic nitrogens is 2. The fourth-order valence-electron chi connectivity index (χ4n) is 3.03. The Morgan fingerprint density at radius 2 is 1.75 bits per heavy atom. The molecule has 0 bridgehead atoms. The van der Waals surface area contributed by atoms with Crippen LogP contribution in [-0.4, -0.2) is 9.55 Å². The number of hydrogen-bond acceptors (Lipinski definition) is 0. The lowest BCUT2D eigenvalue weighted by Crippen LogP contribution is -2.04. The molecule has 0 spiro atoms. The van der Waals surface area contributed by atoms with Crippen molar-refractivity contribution in [1.82, 2.24) is 9.55 Å². The Hall–Kier alpha value is -2.48. The predicted octanol–water partition coefficient (Wildman–Crippen LogP) is 4.73. The van der Waals surface area contributed by atoms with Gasteiger partial charge in [0.2, 0.25) is 0 Å². The summed E-state index contributed by atoms with van der Waals surface area (Å²) < 4.78 is 2.34. The van der Waals surface area contributed by atoms with Crippen LogP contribution in [0.5, 0.6) is 0 Å². The molecule has 2 aromatic carbocycles. The first-order valence-electron chi connectivity index (χ1n) is 6.96. The van der Waals surface area contributed by atoms with Crippen molar-refractivity contribution in [2.45, 2.75) is 13.0 Å². The van der Waals surface area contributed by atoms with Crippen LogP contribution < -0.4 is 0 Å². The van der Waals surface area contributed by atoms with E-state index in [2.05, 4.69) is 83.5 Å². The quantitative estimate of drug-likeness (QED) is 0.538. The van der Waals surface area contributed by atoms with Crippen molar-refractivity contribution in [2.75, 3.05) is 0 Å². The van der Waals surface area contributed by atoms with Crippen LogP contribution in [0.4, 0.5) is 0 Å². The molecule has 2 aromatic heterocycles. The topological polar surface area (TPSA) is 20.7 Å². The fraction of sp³-hybridized carbons (Fsp3) is 0.111. The highest BCUT2D eigenvalue weighted by Crippen LogP contribution is 2.29. The highest BCUT2D eigenvalue weighted by molar-refractivity contribution is 5.84. The lowest BCUT2D eigenvalue weighted by Gasteiger charge is -2.15. The predicted molar refractivity (Wildman–Crippen MR) is 84.0 cm³/mol. The molecule has 2 nitrogen and oxygen atoms in total. The van der Waals surface area contributed by atoms with Gasteiger partial charge in [0.25, 0.3) is 0 Å². The number of benzene rings is 2. The second-order valence-electron chi connectivity index (χ2n) is 5.25. The minimum atomic E-state index is 0.311. The van der Waals surface area contributed by atoms with Crippen molar-refractivity contribution < 1.29 is 0 Å². The lowest BCUT2D eigenvalue weighted by molar-refractivity contribution is 0.669. The summed E-state index contributed by atoms with van der Waals surface area (Å²) in [6.45, 7) is 2.25. The maximum atomic E-state index is 3.37. The van der Waals surface area contributed by atoms with Gasteiger partial charge in [-0.05, 0) is 36.1 Å². The van der Waals surface area contributed by atoms with E-state index in [-0.39, 0.29) is 0 Å². The summed E-state index contributed by atoms with van der Waals surface area (Å²) in [6, 6.07) is 19.5. The molecule has 4 aromatic rings. The molecule has 0 aliphatic rings. The Balaban J connectivity index is 1.90. The van der Waals surface area contributed by atoms with Crippen molar-refractivity contribution >= 4 is 21.8 Å². The molecule has 0 saturated heterocycles. The molecule has 2 heteroatoms. The zero-order valence-corrected chi connectivity index (χ0v) is 11.4. The average Bonchev–Trinajstić information content (AvgIpc) is 3.11. The Morgan fingerprint density at radius 3 is 2.70 bits per heavy atom. The molecule has 0 fully saturated rings. The monoisotopic (exact) mass is 260 g/mol. The molecule has 98 valence electrons. The summed E-state index contributed by atoms with van der Waals surface area (Å²) in [4.78, 5) is 3.37. The second-order valence-corrected chi connectivity index (χ2v) is 5.25. The standard InChI is InChI=1S/C18H16N2/c1-13(16-12-19-17-8-4-3-7-15(16)17)20-11-10-14-6-2-5-9-18(14)20/h2-13,19H,1H3. The van der Waals surface area contributed by atoms with Gasteiger partial charge in [0.1, 0.15) is 0 Å². The van der Waals surface area contributed by atoms with Crippen LogP contribution in [0.15, 0.2) is 67.0 Å². The van der Waals surface area contributed by atoms with Crippen LogP contribution in [0.3, 0.4) is 0 Å². The molecule has 1 atom stereocenters. The largest absolute Gasteiger partial charge is 0.361 e. The van der Waals surface area contributed by atoms with E-state index in [9.17, 15) is 0 Å². The summed E-state index contributed by atoms with van der Waals surface area (Å²) >= 11 is 0. The van der Waals surface area contributed by atoms with E-state index in [4.69, 9.17) is 0 Å². The van der Waals surface area contributed by atoms with E-state index in [1.165, 1.54) is 27.4 Å². The Labute approximate surface area is 117 Å². The lowest BCUT2D eigenvalue weighted by atomic mass is 10.1. The molecular weight excluding hydrogens is 244 g/mol. The van der Waals surface area contributed by atoms with Crippen molar-refractivity contribution in [3.8, 4) is 0 Å². The molecule has 1 unspecified atom stereocenters. The Morgan fingerprint density at radius 1 is 0.950 bits per heavy atom. The third kappa shape index (κ3) is 1.58. The van der Waals surface area contributed by atoms with Crippen LogP contribution in [0.1, 0.15) is 18.5 Å². The van der Waals surface area contributed by atoms with Gasteiger partial charge in [-0.3, -0.25) is 0 Å². The summed E-state index contributed by atoms with van der Waals surface area (Å²) in [6.07, 6.45) is 4.31. The molecule has 0 aliphatic carbocycles. The van der Waals surface area contributed by atoms with Gasteiger partial charge in [0, 0.05) is 28.8 Å². The maximum Gasteiger partial charge on any atom is 0.0578 e. The molecule has 20 heavy (non-hydrogen) atoms. The molecule has 2 heterocycles. The smallest absolute Gasteiger partial charge is 0.0578 e. The number of fused-ring (bicyclic) bond motifs is 2. The number of aromatic amines is 1. The Bertz CT molecular complexity index is 808. The summed E-state index contributed by atoms with van der Waals surface area (Å²) in [5, 5.41) is 2.59. The fourth-order valence-corrected chi connectivity index (χ4v) is 3.03. The highest BCUT2D eigenvalue weighted by atomic mass is 15.0. The van der Waals surface area contributed by atoms with Gasteiger partial charge in [0.15, 0.2) is 0 Å². The molecule has 0 aliphatic heterocycles. The zero-order chi connectivity index (χ0) is 13.5. The zero-order valence-electron chi connectivity index (χ0n) is 11.4. The van der Waals surface area contributed by atoms with Crippen LogP contribution in [0.2, 0.25) is 0 Å². The summed E-state index contributed by atoms with van der Waals surface area (Å²) in [5.41, 5.74) is 3.82. The van der Waals surface area contributed by atoms with Gasteiger partial charge < -0.3 is 9.55 Å². The van der Waals surface area contributed by atoms with Crippen LogP contribution in [-0.2, 0) is 0 Å². The van der Waals surface area contributed by atoms with Gasteiger partial charge in [0.05, 0.1) is 6.04 Å². The summed E-state index contributed by atoms with van der Waals surface area (Å²) in [5.74, 6) is 0. The molecular formula is C18H16N2. The van der Waals surface area contributed by atoms with Gasteiger partial charge in [-0.25, -0.2) is 0 Å². The van der Waals surface area contributed by atoms with Crippen LogP contribution >= 0.6 is 0 Å². The SMILES string of the molecule is CC(c1c[nH]c2ccccc12)n1ccc2ccccc21. The van der Waals surface area contributed by atoms with Gasteiger partial charge in [-0.1, -0.05) is 36.4 Å². The first kappa shape index (κ1) is 11.4. The minimum Gasteiger partial charge on any atom is -0.361 e. The van der Waals surface area contributed by atoms with E-state index < -0.39 is 0 Å². The van der Waals surface area contributed by atoms with E-state index in [0.717, 1.165) is 0 Å². The number of para-hydroxylation sites is 2. The van der Waals surface area contributed by atoms with E-state index in [1.807, 2.05) is 0 Å². The second kappa shape index (κ2) is 4.27. The Kier molecular flexibility index (Phi) is 2.43. The number of nitrogens with one attached hydrogen (secondary N) is 1. The van der Waals surface area contributed by atoms with Crippen molar-refractivity contribution in [1.29, 1.82) is 0 Å². The van der Waals surface area contributed by atoms with E-state index >= 15 is 0 Å². The van der Waals surface area contributed by atoms with Gasteiger partial charge >= 0.3 is 0 Å². The third-order valence-electron chi connectivity index (χ3n) is 4.12. The van der Waals surface area contributed by atoms with Crippen molar-refractivity contribution in [2.24, 2.45) is 0 Å². The first-order valence-corrected chi connectivity index (χ1v) is 6.96. The maximum absolute atomic E-state index is 3.37. The normalized spacial score (nSPS) is 13.1. The minimum absolute atomic E-state index is 0.311. The van der Waals surface area contributed by atoms with Gasteiger partial charge in [-0.15, -0.1) is 0 Å². The van der Waals surface area contributed by atoms with E-state index in [1.54, 1.807) is 0 Å². The molecule has 0 amide bonds. The number of nitrogens with zero attached hydrogens (tertiary/aromatic N) is 1. The molecule has 0 radical (unpaired) electrons. The summed E-state index contributed by atoms with van der Waals surface area (Å²) in [7, 11) is 0. The molecule has 0 saturated carbocycles. The van der Waals surface area contributed by atoms with Crippen LogP contribution in [0.25, 0.3) is 21.8 Å². The van der Waals surface area contributed by atoms with Crippen LogP contribution in [0, 0.1) is 0 Å². The first-order chi connectivity index (χ1) is 9.84. The van der Waals surface area contributed by atoms with E-state index in [0.29, 0.717) is 6.04 Å². The third-order valence-corrected chi connectivity index (χ3v) is 4.12. The number of H-pyrrole nitrogens is 1.